The van der Waals surface area contributed by atoms with Crippen molar-refractivity contribution in [1.29, 1.82) is 0 Å². The smallest absolute Gasteiger partial charge is 0.264 e. The molecule has 0 aromatic heterocycles. The number of rotatable bonds is 6. The van der Waals surface area contributed by atoms with E-state index in [9.17, 15) is 13.2 Å². The van der Waals surface area contributed by atoms with Gasteiger partial charge in [-0.3, -0.25) is 4.79 Å². The van der Waals surface area contributed by atoms with Gasteiger partial charge in [0.05, 0.1) is 17.6 Å². The van der Waals surface area contributed by atoms with Crippen molar-refractivity contribution in [2.75, 3.05) is 13.2 Å². The Morgan fingerprint density at radius 1 is 1.33 bits per heavy atom. The summed E-state index contributed by atoms with van der Waals surface area (Å²) in [5.41, 5.74) is 1.84. The Kier molecular flexibility index (Phi) is 6.37. The topological polar surface area (TPSA) is 81.7 Å². The summed E-state index contributed by atoms with van der Waals surface area (Å²) in [6.07, 6.45) is 2.13. The van der Waals surface area contributed by atoms with Gasteiger partial charge < -0.3 is 9.47 Å². The van der Waals surface area contributed by atoms with Gasteiger partial charge in [0, 0.05) is 6.61 Å². The molecule has 1 heterocycles. The molecule has 1 saturated heterocycles. The molecule has 1 N–H and O–H groups in total. The quantitative estimate of drug-likeness (QED) is 0.845. The number of hydrogen-bond donors (Lipinski definition) is 1. The monoisotopic (exact) mass is 355 g/mol. The van der Waals surface area contributed by atoms with E-state index in [0.29, 0.717) is 6.61 Å². The average Bonchev–Trinajstić information content (AvgIpc) is 2.55. The van der Waals surface area contributed by atoms with E-state index in [2.05, 4.69) is 4.72 Å². The Morgan fingerprint density at radius 2 is 2.08 bits per heavy atom. The summed E-state index contributed by atoms with van der Waals surface area (Å²) in [6.45, 7) is 6.25. The molecule has 1 amide bonds. The molecule has 7 heteroatoms. The number of carbonyl (C=O) groups excluding carboxylic acids is 1. The van der Waals surface area contributed by atoms with E-state index in [1.165, 1.54) is 13.0 Å². The summed E-state index contributed by atoms with van der Waals surface area (Å²) < 4.78 is 37.7. The number of amides is 1. The molecule has 0 aliphatic carbocycles. The van der Waals surface area contributed by atoms with Crippen LogP contribution < -0.4 is 4.72 Å². The number of nitrogens with one attached hydrogen (secondary N) is 1. The molecule has 1 aromatic rings. The van der Waals surface area contributed by atoms with Gasteiger partial charge in [-0.1, -0.05) is 6.07 Å². The Balaban J connectivity index is 1.92. The SMILES string of the molecule is Cc1ccc(S(=O)(=O)NC(=O)[C@H](C)OC[C@@H]2CCCCO2)cc1C. The second kappa shape index (κ2) is 8.09. The molecule has 6 nitrogen and oxygen atoms in total. The van der Waals surface area contributed by atoms with Crippen LogP contribution in [0.3, 0.4) is 0 Å². The predicted octanol–water partition coefficient (Wildman–Crippen LogP) is 2.08. The van der Waals surface area contributed by atoms with Gasteiger partial charge in [0.2, 0.25) is 0 Å². The summed E-state index contributed by atoms with van der Waals surface area (Å²) in [6, 6.07) is 4.75. The van der Waals surface area contributed by atoms with Crippen molar-refractivity contribution in [3.05, 3.63) is 29.3 Å². The predicted molar refractivity (Wildman–Crippen MR) is 90.2 cm³/mol. The number of ether oxygens (including phenoxy) is 2. The summed E-state index contributed by atoms with van der Waals surface area (Å²) in [5.74, 6) is -0.677. The fourth-order valence-electron chi connectivity index (χ4n) is 2.42. The molecule has 0 spiro atoms. The molecule has 2 rings (SSSR count). The van der Waals surface area contributed by atoms with Crippen molar-refractivity contribution < 1.29 is 22.7 Å². The van der Waals surface area contributed by atoms with Crippen molar-refractivity contribution in [3.63, 3.8) is 0 Å². The van der Waals surface area contributed by atoms with E-state index in [1.54, 1.807) is 12.1 Å². The third kappa shape index (κ3) is 5.03. The van der Waals surface area contributed by atoms with E-state index >= 15 is 0 Å². The maximum absolute atomic E-state index is 12.3. The fourth-order valence-corrected chi connectivity index (χ4v) is 3.55. The number of carbonyl (C=O) groups is 1. The molecule has 1 aliphatic rings. The number of hydrogen-bond acceptors (Lipinski definition) is 5. The highest BCUT2D eigenvalue weighted by Gasteiger charge is 2.24. The first-order valence-electron chi connectivity index (χ1n) is 8.17. The van der Waals surface area contributed by atoms with Gasteiger partial charge in [0.15, 0.2) is 0 Å². The molecule has 1 aliphatic heterocycles. The minimum Gasteiger partial charge on any atom is -0.376 e. The minimum atomic E-state index is -3.90. The van der Waals surface area contributed by atoms with Crippen molar-refractivity contribution in [1.82, 2.24) is 4.72 Å². The summed E-state index contributed by atoms with van der Waals surface area (Å²) >= 11 is 0. The summed E-state index contributed by atoms with van der Waals surface area (Å²) in [5, 5.41) is 0. The standard InChI is InChI=1S/C17H25NO5S/c1-12-7-8-16(10-13(12)2)24(20,21)18-17(19)14(3)23-11-15-6-4-5-9-22-15/h7-8,10,14-15H,4-6,9,11H2,1-3H3,(H,18,19)/t14-,15-/m0/s1. The van der Waals surface area contributed by atoms with Gasteiger partial charge in [-0.05, 0) is 63.3 Å². The lowest BCUT2D eigenvalue weighted by molar-refractivity contribution is -0.133. The van der Waals surface area contributed by atoms with Crippen LogP contribution in [-0.4, -0.2) is 39.7 Å². The molecular formula is C17H25NO5S. The third-order valence-electron chi connectivity index (χ3n) is 4.20. The van der Waals surface area contributed by atoms with Gasteiger partial charge in [-0.15, -0.1) is 0 Å². The van der Waals surface area contributed by atoms with Crippen LogP contribution in [0.2, 0.25) is 0 Å². The molecule has 0 unspecified atom stereocenters. The first-order valence-corrected chi connectivity index (χ1v) is 9.65. The van der Waals surface area contributed by atoms with E-state index in [4.69, 9.17) is 9.47 Å². The van der Waals surface area contributed by atoms with E-state index in [-0.39, 0.29) is 17.6 Å². The Bertz CT molecular complexity index is 680. The zero-order valence-corrected chi connectivity index (χ0v) is 15.2. The van der Waals surface area contributed by atoms with Crippen molar-refractivity contribution in [3.8, 4) is 0 Å². The lowest BCUT2D eigenvalue weighted by Gasteiger charge is -2.23. The zero-order valence-electron chi connectivity index (χ0n) is 14.4. The average molecular weight is 355 g/mol. The molecular weight excluding hydrogens is 330 g/mol. The van der Waals surface area contributed by atoms with Crippen LogP contribution in [0, 0.1) is 13.8 Å². The summed E-state index contributed by atoms with van der Waals surface area (Å²) in [7, 11) is -3.90. The van der Waals surface area contributed by atoms with Gasteiger partial charge in [0.1, 0.15) is 6.10 Å². The van der Waals surface area contributed by atoms with Gasteiger partial charge >= 0.3 is 0 Å². The van der Waals surface area contributed by atoms with E-state index < -0.39 is 22.0 Å². The highest BCUT2D eigenvalue weighted by atomic mass is 32.2. The Hall–Kier alpha value is -1.44. The van der Waals surface area contributed by atoms with Crippen LogP contribution in [-0.2, 0) is 24.3 Å². The molecule has 0 saturated carbocycles. The Labute approximate surface area is 143 Å². The van der Waals surface area contributed by atoms with E-state index in [1.807, 2.05) is 13.8 Å². The van der Waals surface area contributed by atoms with Crippen LogP contribution in [0.15, 0.2) is 23.1 Å². The first kappa shape index (κ1) is 18.9. The van der Waals surface area contributed by atoms with Crippen molar-refractivity contribution >= 4 is 15.9 Å². The highest BCUT2D eigenvalue weighted by Crippen LogP contribution is 2.16. The minimum absolute atomic E-state index is 0.0228. The molecule has 1 fully saturated rings. The van der Waals surface area contributed by atoms with Gasteiger partial charge in [-0.25, -0.2) is 13.1 Å². The normalized spacial score (nSPS) is 19.7. The largest absolute Gasteiger partial charge is 0.376 e. The third-order valence-corrected chi connectivity index (χ3v) is 5.54. The Morgan fingerprint density at radius 3 is 2.71 bits per heavy atom. The van der Waals surface area contributed by atoms with E-state index in [0.717, 1.165) is 30.4 Å². The van der Waals surface area contributed by atoms with Gasteiger partial charge in [-0.2, -0.15) is 0 Å². The lowest BCUT2D eigenvalue weighted by Crippen LogP contribution is -2.40. The van der Waals surface area contributed by atoms with Crippen LogP contribution in [0.25, 0.3) is 0 Å². The van der Waals surface area contributed by atoms with Crippen LogP contribution in [0.5, 0.6) is 0 Å². The van der Waals surface area contributed by atoms with Crippen LogP contribution in [0.1, 0.15) is 37.3 Å². The molecule has 2 atom stereocenters. The fraction of sp³-hybridized carbons (Fsp3) is 0.588. The maximum Gasteiger partial charge on any atom is 0.264 e. The molecule has 134 valence electrons. The zero-order chi connectivity index (χ0) is 17.7. The molecule has 0 radical (unpaired) electrons. The lowest BCUT2D eigenvalue weighted by atomic mass is 10.1. The molecule has 0 bridgehead atoms. The van der Waals surface area contributed by atoms with Crippen LogP contribution in [0.4, 0.5) is 0 Å². The number of benzene rings is 1. The highest BCUT2D eigenvalue weighted by molar-refractivity contribution is 7.90. The summed E-state index contributed by atoms with van der Waals surface area (Å²) in [4.78, 5) is 12.2. The van der Waals surface area contributed by atoms with Crippen molar-refractivity contribution in [2.24, 2.45) is 0 Å². The second-order valence-corrected chi connectivity index (χ2v) is 7.86. The molecule has 1 aromatic carbocycles. The van der Waals surface area contributed by atoms with Gasteiger partial charge in [0.25, 0.3) is 15.9 Å². The first-order chi connectivity index (χ1) is 11.3. The van der Waals surface area contributed by atoms with Crippen molar-refractivity contribution in [2.45, 2.75) is 57.1 Å². The van der Waals surface area contributed by atoms with Crippen LogP contribution >= 0.6 is 0 Å². The number of sulfonamides is 1. The number of aryl methyl sites for hydroxylation is 2. The maximum atomic E-state index is 12.3. The molecule has 24 heavy (non-hydrogen) atoms. The second-order valence-electron chi connectivity index (χ2n) is 6.18.